The maximum atomic E-state index is 5.69. The molecule has 0 aromatic heterocycles. The summed E-state index contributed by atoms with van der Waals surface area (Å²) < 4.78 is 5.20. The molecule has 0 radical (unpaired) electrons. The Bertz CT molecular complexity index is 532. The molecule has 0 spiro atoms. The van der Waals surface area contributed by atoms with Gasteiger partial charge in [0.15, 0.2) is 0 Å². The minimum absolute atomic E-state index is 0.556. The summed E-state index contributed by atoms with van der Waals surface area (Å²) in [5.74, 6) is 1.46. The van der Waals surface area contributed by atoms with Crippen LogP contribution in [0.5, 0.6) is 0 Å². The van der Waals surface area contributed by atoms with Gasteiger partial charge in [-0.25, -0.2) is 0 Å². The van der Waals surface area contributed by atoms with E-state index < -0.39 is 0 Å². The normalized spacial score (nSPS) is 20.6. The highest BCUT2D eigenvalue weighted by molar-refractivity contribution is 5.96. The smallest absolute Gasteiger partial charge is 0.120 e. The zero-order chi connectivity index (χ0) is 16.8. The fourth-order valence-electron chi connectivity index (χ4n) is 1.65. The zero-order valence-corrected chi connectivity index (χ0v) is 13.5. The summed E-state index contributed by atoms with van der Waals surface area (Å²) in [5.41, 5.74) is 7.80. The van der Waals surface area contributed by atoms with E-state index in [1.807, 2.05) is 37.4 Å². The van der Waals surface area contributed by atoms with Crippen LogP contribution in [0.15, 0.2) is 64.7 Å². The van der Waals surface area contributed by atoms with E-state index in [2.05, 4.69) is 35.3 Å². The number of ether oxygens (including phenoxy) is 1. The summed E-state index contributed by atoms with van der Waals surface area (Å²) in [6, 6.07) is 0. The number of nitrogens with two attached hydrogens (primary N) is 1. The Hall–Kier alpha value is -2.67. The van der Waals surface area contributed by atoms with Gasteiger partial charge in [0.05, 0.1) is 7.11 Å². The van der Waals surface area contributed by atoms with Gasteiger partial charge in [0.2, 0.25) is 0 Å². The van der Waals surface area contributed by atoms with Crippen molar-refractivity contribution in [1.29, 1.82) is 0 Å². The Morgan fingerprint density at radius 3 is 2.77 bits per heavy atom. The minimum atomic E-state index is 0.556. The van der Waals surface area contributed by atoms with Crippen molar-refractivity contribution in [1.82, 2.24) is 5.32 Å². The van der Waals surface area contributed by atoms with Crippen LogP contribution in [-0.4, -0.2) is 20.0 Å². The lowest BCUT2D eigenvalue weighted by Crippen LogP contribution is -2.12. The summed E-state index contributed by atoms with van der Waals surface area (Å²) in [5, 5.41) is 3.27. The van der Waals surface area contributed by atoms with E-state index in [4.69, 9.17) is 10.5 Å². The predicted octanol–water partition coefficient (Wildman–Crippen LogP) is 3.04. The molecule has 0 saturated heterocycles. The van der Waals surface area contributed by atoms with Crippen LogP contribution in [0.4, 0.5) is 0 Å². The van der Waals surface area contributed by atoms with E-state index in [-0.39, 0.29) is 0 Å². The maximum Gasteiger partial charge on any atom is 0.120 e. The molecule has 0 aromatic rings. The second-order valence-corrected chi connectivity index (χ2v) is 4.34. The predicted molar refractivity (Wildman–Crippen MR) is 95.0 cm³/mol. The largest absolute Gasteiger partial charge is 0.497 e. The third-order valence-corrected chi connectivity index (χ3v) is 2.89. The molecule has 22 heavy (non-hydrogen) atoms. The molecular weight excluding hydrogens is 274 g/mol. The molecule has 1 rings (SSSR count). The first kappa shape index (κ1) is 19.3. The highest BCUT2D eigenvalue weighted by atomic mass is 16.5. The molecule has 0 bridgehead atoms. The summed E-state index contributed by atoms with van der Waals surface area (Å²) in [6.07, 6.45) is 23.7. The summed E-state index contributed by atoms with van der Waals surface area (Å²) in [6.45, 7) is 1.93. The van der Waals surface area contributed by atoms with Crippen molar-refractivity contribution >= 4 is 5.84 Å². The lowest BCUT2D eigenvalue weighted by molar-refractivity contribution is 0.305. The van der Waals surface area contributed by atoms with Gasteiger partial charge in [0.25, 0.3) is 0 Å². The van der Waals surface area contributed by atoms with Gasteiger partial charge in [0.1, 0.15) is 11.6 Å². The number of nitrogens with one attached hydrogen (secondary N) is 1. The molecule has 0 atom stereocenters. The number of allylic oxidation sites excluding steroid dienone is 6. The lowest BCUT2D eigenvalue weighted by atomic mass is 10.2. The summed E-state index contributed by atoms with van der Waals surface area (Å²) >= 11 is 0. The monoisotopic (exact) mass is 299 g/mol. The molecule has 0 heterocycles. The molecule has 4 heteroatoms. The van der Waals surface area contributed by atoms with Crippen molar-refractivity contribution in [3.8, 4) is 12.8 Å². The number of hydrogen-bond donors (Lipinski definition) is 2. The Balaban J connectivity index is 0.00000211. The molecule has 118 valence electrons. The average molecular weight is 299 g/mol. The van der Waals surface area contributed by atoms with Gasteiger partial charge < -0.3 is 15.8 Å². The van der Waals surface area contributed by atoms with E-state index >= 15 is 0 Å². The summed E-state index contributed by atoms with van der Waals surface area (Å²) in [7, 11) is 3.37. The molecule has 0 aromatic carbocycles. The van der Waals surface area contributed by atoms with Gasteiger partial charge in [-0.2, -0.15) is 0 Å². The third kappa shape index (κ3) is 7.81. The zero-order valence-electron chi connectivity index (χ0n) is 13.5. The molecule has 1 aliphatic rings. The number of methoxy groups -OCH3 is 1. The molecule has 0 amide bonds. The van der Waals surface area contributed by atoms with Crippen LogP contribution in [-0.2, 0) is 4.74 Å². The van der Waals surface area contributed by atoms with E-state index in [9.17, 15) is 0 Å². The highest BCUT2D eigenvalue weighted by Gasteiger charge is 1.96. The molecule has 0 fully saturated rings. The quantitative estimate of drug-likeness (QED) is 0.355. The number of terminal acetylenes is 1. The first-order valence-corrected chi connectivity index (χ1v) is 6.93. The van der Waals surface area contributed by atoms with Crippen LogP contribution in [0, 0.1) is 12.8 Å². The molecule has 4 nitrogen and oxygen atoms in total. The van der Waals surface area contributed by atoms with E-state index in [0.29, 0.717) is 5.84 Å². The molecule has 0 saturated carbocycles. The van der Waals surface area contributed by atoms with Gasteiger partial charge in [-0.3, -0.25) is 4.99 Å². The van der Waals surface area contributed by atoms with Crippen molar-refractivity contribution in [2.45, 2.75) is 19.8 Å². The fourth-order valence-corrected chi connectivity index (χ4v) is 1.65. The van der Waals surface area contributed by atoms with Gasteiger partial charge in [-0.05, 0) is 37.1 Å². The SMILES string of the molecule is C#C.CN=C(N)/C(C)=C\C=C\N/C1=C/C/C=C(/OC)C=CC1. The van der Waals surface area contributed by atoms with Crippen molar-refractivity contribution < 1.29 is 4.74 Å². The van der Waals surface area contributed by atoms with Crippen LogP contribution < -0.4 is 11.1 Å². The maximum absolute atomic E-state index is 5.69. The van der Waals surface area contributed by atoms with Crippen LogP contribution in [0.3, 0.4) is 0 Å². The van der Waals surface area contributed by atoms with E-state index in [0.717, 1.165) is 29.9 Å². The van der Waals surface area contributed by atoms with Crippen molar-refractivity contribution in [3.63, 3.8) is 0 Å². The lowest BCUT2D eigenvalue weighted by Gasteiger charge is -2.07. The Morgan fingerprint density at radius 2 is 2.14 bits per heavy atom. The van der Waals surface area contributed by atoms with E-state index in [1.54, 1.807) is 14.2 Å². The number of hydrogen-bond acceptors (Lipinski definition) is 3. The molecular formula is C18H25N3O. The van der Waals surface area contributed by atoms with Crippen LogP contribution in [0.25, 0.3) is 0 Å². The van der Waals surface area contributed by atoms with Crippen molar-refractivity contribution in [2.75, 3.05) is 14.2 Å². The Labute approximate surface area is 133 Å². The second-order valence-electron chi connectivity index (χ2n) is 4.34. The Kier molecular flexibility index (Phi) is 10.6. The van der Waals surface area contributed by atoms with Crippen LogP contribution >= 0.6 is 0 Å². The topological polar surface area (TPSA) is 59.6 Å². The summed E-state index contributed by atoms with van der Waals surface area (Å²) in [4.78, 5) is 3.93. The molecule has 0 aliphatic heterocycles. The average Bonchev–Trinajstić information content (AvgIpc) is 2.54. The minimum Gasteiger partial charge on any atom is -0.497 e. The van der Waals surface area contributed by atoms with E-state index in [1.165, 1.54) is 0 Å². The molecule has 3 N–H and O–H groups in total. The van der Waals surface area contributed by atoms with Gasteiger partial charge in [0, 0.05) is 25.4 Å². The third-order valence-electron chi connectivity index (χ3n) is 2.89. The first-order chi connectivity index (χ1) is 10.7. The molecule has 1 aliphatic carbocycles. The number of rotatable bonds is 5. The number of aliphatic imine (C=N–C) groups is 1. The van der Waals surface area contributed by atoms with Gasteiger partial charge in [-0.15, -0.1) is 12.8 Å². The number of nitrogens with zero attached hydrogens (tertiary/aromatic N) is 1. The van der Waals surface area contributed by atoms with Crippen molar-refractivity contribution in [3.05, 3.63) is 59.7 Å². The van der Waals surface area contributed by atoms with Gasteiger partial charge >= 0.3 is 0 Å². The van der Waals surface area contributed by atoms with Crippen molar-refractivity contribution in [2.24, 2.45) is 10.7 Å². The van der Waals surface area contributed by atoms with Gasteiger partial charge in [-0.1, -0.05) is 18.2 Å². The second kappa shape index (κ2) is 12.1. The number of amidine groups is 1. The molecule has 0 unspecified atom stereocenters. The standard InChI is InChI=1S/C16H23N3O.C2H2/c1-13(16(17)18-2)7-6-12-19-14-8-4-10-15(20-3)11-5-9-14;1-2/h4,6-7,9-12,19H,5,8H2,1-3H3,(H2,17,18);1-2H/b10-4?,12-6+,13-7-,14-9+,15-11+;. The van der Waals surface area contributed by atoms with Crippen LogP contribution in [0.1, 0.15) is 19.8 Å². The van der Waals surface area contributed by atoms with Crippen LogP contribution in [0.2, 0.25) is 0 Å². The Morgan fingerprint density at radius 1 is 1.41 bits per heavy atom. The highest BCUT2D eigenvalue weighted by Crippen LogP contribution is 2.10. The fraction of sp³-hybridized carbons (Fsp3) is 0.278. The first-order valence-electron chi connectivity index (χ1n) is 6.93.